The summed E-state index contributed by atoms with van der Waals surface area (Å²) in [5.41, 5.74) is 3.21. The molecule has 2 N–H and O–H groups in total. The van der Waals surface area contributed by atoms with E-state index >= 15 is 0 Å². The van der Waals surface area contributed by atoms with Gasteiger partial charge in [0.25, 0.3) is 5.91 Å². The number of aromatic nitrogens is 1. The van der Waals surface area contributed by atoms with Gasteiger partial charge in [0.1, 0.15) is 18.1 Å². The first-order valence-corrected chi connectivity index (χ1v) is 11.0. The van der Waals surface area contributed by atoms with Crippen molar-refractivity contribution in [3.05, 3.63) is 108 Å². The molecule has 0 radical (unpaired) electrons. The van der Waals surface area contributed by atoms with Gasteiger partial charge in [-0.05, 0) is 59.7 Å². The molecular formula is C27H21FN4O3. The van der Waals surface area contributed by atoms with Crippen molar-refractivity contribution in [3.63, 3.8) is 0 Å². The average Bonchev–Trinajstić information content (AvgIpc) is 3.35. The van der Waals surface area contributed by atoms with Gasteiger partial charge in [0.2, 0.25) is 5.91 Å². The molecule has 4 aromatic rings. The molecule has 7 nitrogen and oxygen atoms in total. The van der Waals surface area contributed by atoms with Crippen molar-refractivity contribution in [2.75, 3.05) is 11.9 Å². The van der Waals surface area contributed by atoms with E-state index in [2.05, 4.69) is 10.6 Å². The second kappa shape index (κ2) is 9.26. The Kier molecular flexibility index (Phi) is 5.85. The number of benzene rings is 3. The van der Waals surface area contributed by atoms with E-state index in [1.165, 1.54) is 12.1 Å². The average molecular weight is 468 g/mol. The molecule has 1 aliphatic rings. The van der Waals surface area contributed by atoms with Crippen LogP contribution in [0.4, 0.5) is 14.9 Å². The molecule has 0 saturated carbocycles. The zero-order valence-corrected chi connectivity index (χ0v) is 18.6. The van der Waals surface area contributed by atoms with Crippen LogP contribution in [0.5, 0.6) is 0 Å². The number of nitrogens with one attached hydrogen (secondary N) is 2. The van der Waals surface area contributed by atoms with E-state index < -0.39 is 24.4 Å². The molecule has 0 unspecified atom stereocenters. The lowest BCUT2D eigenvalue weighted by Crippen LogP contribution is -2.38. The number of carbonyl (C=O) groups excluding carboxylic acids is 3. The number of amides is 4. The van der Waals surface area contributed by atoms with Crippen LogP contribution in [0.15, 0.2) is 90.8 Å². The third-order valence-electron chi connectivity index (χ3n) is 5.67. The van der Waals surface area contributed by atoms with E-state index in [-0.39, 0.29) is 11.5 Å². The van der Waals surface area contributed by atoms with Crippen LogP contribution in [0.3, 0.4) is 0 Å². The smallest absolute Gasteiger partial charge is 0.329 e. The molecule has 8 heteroatoms. The number of hydrogen-bond acceptors (Lipinski definition) is 3. The van der Waals surface area contributed by atoms with E-state index in [0.717, 1.165) is 26.9 Å². The fourth-order valence-electron chi connectivity index (χ4n) is 4.03. The zero-order valence-electron chi connectivity index (χ0n) is 18.6. The molecule has 0 aliphatic carbocycles. The first kappa shape index (κ1) is 22.1. The number of hydrogen-bond donors (Lipinski definition) is 2. The van der Waals surface area contributed by atoms with E-state index in [4.69, 9.17) is 0 Å². The third kappa shape index (κ3) is 4.81. The maximum Gasteiger partial charge on any atom is 0.329 e. The maximum absolute atomic E-state index is 13.5. The van der Waals surface area contributed by atoms with Crippen molar-refractivity contribution in [3.8, 4) is 0 Å². The number of fused-ring (bicyclic) bond motifs is 1. The van der Waals surface area contributed by atoms with Gasteiger partial charge in [0, 0.05) is 29.3 Å². The van der Waals surface area contributed by atoms with Gasteiger partial charge in [-0.25, -0.2) is 14.1 Å². The second-order valence-corrected chi connectivity index (χ2v) is 8.19. The van der Waals surface area contributed by atoms with Crippen molar-refractivity contribution in [2.24, 2.45) is 0 Å². The molecule has 4 amide bonds. The fraction of sp³-hybridized carbons (Fsp3) is 0.0741. The topological polar surface area (TPSA) is 83.4 Å². The predicted molar refractivity (Wildman–Crippen MR) is 131 cm³/mol. The molecule has 3 aromatic carbocycles. The van der Waals surface area contributed by atoms with Crippen LogP contribution in [0.1, 0.15) is 11.1 Å². The quantitative estimate of drug-likeness (QED) is 0.326. The van der Waals surface area contributed by atoms with E-state index in [1.54, 1.807) is 36.4 Å². The number of carbonyl (C=O) groups is 3. The molecule has 174 valence electrons. The predicted octanol–water partition coefficient (Wildman–Crippen LogP) is 4.36. The lowest BCUT2D eigenvalue weighted by molar-refractivity contribution is -0.127. The van der Waals surface area contributed by atoms with E-state index in [0.29, 0.717) is 12.2 Å². The number of rotatable bonds is 6. The van der Waals surface area contributed by atoms with Crippen molar-refractivity contribution in [2.45, 2.75) is 6.54 Å². The molecule has 0 spiro atoms. The Morgan fingerprint density at radius 3 is 2.60 bits per heavy atom. The Hall–Kier alpha value is -4.72. The molecule has 1 aliphatic heterocycles. The van der Waals surface area contributed by atoms with Gasteiger partial charge in [-0.1, -0.05) is 36.4 Å². The van der Waals surface area contributed by atoms with Gasteiger partial charge in [0.05, 0.1) is 0 Å². The van der Waals surface area contributed by atoms with Gasteiger partial charge >= 0.3 is 6.03 Å². The fourth-order valence-corrected chi connectivity index (χ4v) is 4.03. The van der Waals surface area contributed by atoms with Gasteiger partial charge in [-0.3, -0.25) is 9.59 Å². The Balaban J connectivity index is 1.30. The maximum atomic E-state index is 13.5. The van der Waals surface area contributed by atoms with Crippen molar-refractivity contribution in [1.82, 2.24) is 14.8 Å². The summed E-state index contributed by atoms with van der Waals surface area (Å²) < 4.78 is 15.5. The van der Waals surface area contributed by atoms with Crippen LogP contribution in [0, 0.1) is 5.82 Å². The second-order valence-electron chi connectivity index (χ2n) is 8.19. The number of halogens is 1. The lowest BCUT2D eigenvalue weighted by atomic mass is 10.1. The van der Waals surface area contributed by atoms with Crippen LogP contribution >= 0.6 is 0 Å². The summed E-state index contributed by atoms with van der Waals surface area (Å²) in [4.78, 5) is 38.3. The third-order valence-corrected chi connectivity index (χ3v) is 5.67. The summed E-state index contributed by atoms with van der Waals surface area (Å²) >= 11 is 0. The minimum atomic E-state index is -0.646. The van der Waals surface area contributed by atoms with E-state index in [9.17, 15) is 18.8 Å². The minimum Gasteiger partial charge on any atom is -0.343 e. The number of urea groups is 1. The summed E-state index contributed by atoms with van der Waals surface area (Å²) in [6, 6.07) is 22.2. The summed E-state index contributed by atoms with van der Waals surface area (Å²) in [5, 5.41) is 6.14. The summed E-state index contributed by atoms with van der Waals surface area (Å²) in [6.07, 6.45) is 3.50. The Morgan fingerprint density at radius 2 is 1.80 bits per heavy atom. The molecule has 5 rings (SSSR count). The van der Waals surface area contributed by atoms with Gasteiger partial charge in [-0.2, -0.15) is 0 Å². The highest BCUT2D eigenvalue weighted by Crippen LogP contribution is 2.22. The lowest BCUT2D eigenvalue weighted by Gasteiger charge is -2.11. The largest absolute Gasteiger partial charge is 0.343 e. The first-order chi connectivity index (χ1) is 17.0. The Labute approximate surface area is 200 Å². The molecule has 1 fully saturated rings. The van der Waals surface area contributed by atoms with Crippen LogP contribution in [0.25, 0.3) is 17.0 Å². The molecule has 0 atom stereocenters. The van der Waals surface area contributed by atoms with Gasteiger partial charge < -0.3 is 15.2 Å². The standard InChI is InChI=1S/C27H21FN4O3/c28-21-6-4-5-19(14-21)16-31-12-11-20-13-18(9-10-24(20)31)15-23-26(34)32(27(35)30-23)17-25(33)29-22-7-2-1-3-8-22/h1-15H,16-17H2,(H,29,33)(H,30,35)/b23-15+. The molecule has 1 aromatic heterocycles. The normalized spacial score (nSPS) is 14.5. The molecule has 0 bridgehead atoms. The highest BCUT2D eigenvalue weighted by molar-refractivity contribution is 6.16. The minimum absolute atomic E-state index is 0.0982. The summed E-state index contributed by atoms with van der Waals surface area (Å²) in [5.74, 6) is -1.31. The Morgan fingerprint density at radius 1 is 0.971 bits per heavy atom. The summed E-state index contributed by atoms with van der Waals surface area (Å²) in [6.45, 7) is 0.134. The monoisotopic (exact) mass is 468 g/mol. The molecule has 35 heavy (non-hydrogen) atoms. The molecule has 2 heterocycles. The van der Waals surface area contributed by atoms with Gasteiger partial charge in [-0.15, -0.1) is 0 Å². The number of imide groups is 1. The molecule has 1 saturated heterocycles. The number of para-hydroxylation sites is 1. The van der Waals surface area contributed by atoms with Crippen LogP contribution in [0.2, 0.25) is 0 Å². The Bertz CT molecular complexity index is 1480. The SMILES string of the molecule is O=C(CN1C(=O)N/C(=C/c2ccc3c(ccn3Cc3cccc(F)c3)c2)C1=O)Nc1ccccc1. The van der Waals surface area contributed by atoms with E-state index in [1.807, 2.05) is 47.2 Å². The highest BCUT2D eigenvalue weighted by atomic mass is 19.1. The van der Waals surface area contributed by atoms with Crippen molar-refractivity contribution < 1.29 is 18.8 Å². The first-order valence-electron chi connectivity index (χ1n) is 11.0. The van der Waals surface area contributed by atoms with Gasteiger partial charge in [0.15, 0.2) is 0 Å². The summed E-state index contributed by atoms with van der Waals surface area (Å²) in [7, 11) is 0. The zero-order chi connectivity index (χ0) is 24.4. The van der Waals surface area contributed by atoms with Crippen molar-refractivity contribution >= 4 is 40.5 Å². The van der Waals surface area contributed by atoms with Crippen LogP contribution < -0.4 is 10.6 Å². The number of anilines is 1. The van der Waals surface area contributed by atoms with Crippen molar-refractivity contribution in [1.29, 1.82) is 0 Å². The number of nitrogens with zero attached hydrogens (tertiary/aromatic N) is 2. The van der Waals surface area contributed by atoms with Crippen LogP contribution in [-0.2, 0) is 16.1 Å². The highest BCUT2D eigenvalue weighted by Gasteiger charge is 2.34. The van der Waals surface area contributed by atoms with Crippen LogP contribution in [-0.4, -0.2) is 33.9 Å². The molecular weight excluding hydrogens is 447 g/mol.